The SMILES string of the molecule is CCN1CCCN(c2ccccc2)CC1. The predicted octanol–water partition coefficient (Wildman–Crippen LogP) is 2.22. The molecule has 2 rings (SSSR count). The van der Waals surface area contributed by atoms with E-state index in [0.29, 0.717) is 0 Å². The van der Waals surface area contributed by atoms with Crippen LogP contribution < -0.4 is 4.90 Å². The lowest BCUT2D eigenvalue weighted by atomic mass is 10.3. The molecule has 0 atom stereocenters. The van der Waals surface area contributed by atoms with Crippen molar-refractivity contribution in [3.05, 3.63) is 30.3 Å². The molecule has 1 aromatic carbocycles. The summed E-state index contributed by atoms with van der Waals surface area (Å²) in [6.07, 6.45) is 1.28. The molecule has 1 fully saturated rings. The van der Waals surface area contributed by atoms with Gasteiger partial charge in [-0.15, -0.1) is 0 Å². The first kappa shape index (κ1) is 10.5. The molecule has 82 valence electrons. The van der Waals surface area contributed by atoms with Gasteiger partial charge in [0.05, 0.1) is 0 Å². The first-order valence-electron chi connectivity index (χ1n) is 5.92. The molecule has 1 saturated heterocycles. The normalized spacial score (nSPS) is 18.9. The zero-order valence-corrected chi connectivity index (χ0v) is 9.52. The van der Waals surface area contributed by atoms with Crippen LogP contribution in [-0.4, -0.2) is 37.6 Å². The van der Waals surface area contributed by atoms with Crippen LogP contribution in [0.15, 0.2) is 30.3 Å². The van der Waals surface area contributed by atoms with Gasteiger partial charge in [-0.25, -0.2) is 0 Å². The van der Waals surface area contributed by atoms with E-state index in [9.17, 15) is 0 Å². The maximum absolute atomic E-state index is 2.53. The van der Waals surface area contributed by atoms with Gasteiger partial charge in [-0.2, -0.15) is 0 Å². The van der Waals surface area contributed by atoms with Crippen LogP contribution >= 0.6 is 0 Å². The summed E-state index contributed by atoms with van der Waals surface area (Å²) in [5.41, 5.74) is 1.37. The van der Waals surface area contributed by atoms with Gasteiger partial charge in [0, 0.05) is 25.3 Å². The summed E-state index contributed by atoms with van der Waals surface area (Å²) >= 11 is 0. The van der Waals surface area contributed by atoms with Crippen molar-refractivity contribution in [1.82, 2.24) is 4.90 Å². The van der Waals surface area contributed by atoms with Gasteiger partial charge in [-0.05, 0) is 31.6 Å². The molecule has 1 heterocycles. The van der Waals surface area contributed by atoms with E-state index in [1.807, 2.05) is 0 Å². The van der Waals surface area contributed by atoms with Crippen molar-refractivity contribution >= 4 is 5.69 Å². The smallest absolute Gasteiger partial charge is 0.0366 e. The minimum atomic E-state index is 1.16. The van der Waals surface area contributed by atoms with Crippen LogP contribution in [0.25, 0.3) is 0 Å². The fraction of sp³-hybridized carbons (Fsp3) is 0.538. The highest BCUT2D eigenvalue weighted by atomic mass is 15.2. The van der Waals surface area contributed by atoms with E-state index in [2.05, 4.69) is 47.1 Å². The van der Waals surface area contributed by atoms with Crippen molar-refractivity contribution in [3.8, 4) is 0 Å². The number of hydrogen-bond acceptors (Lipinski definition) is 2. The van der Waals surface area contributed by atoms with Crippen LogP contribution in [-0.2, 0) is 0 Å². The molecule has 0 aromatic heterocycles. The van der Waals surface area contributed by atoms with E-state index < -0.39 is 0 Å². The molecule has 2 heteroatoms. The Bertz CT molecular complexity index is 284. The number of hydrogen-bond donors (Lipinski definition) is 0. The highest BCUT2D eigenvalue weighted by Crippen LogP contribution is 2.15. The molecule has 0 unspecified atom stereocenters. The lowest BCUT2D eigenvalue weighted by Gasteiger charge is -2.23. The van der Waals surface area contributed by atoms with Crippen molar-refractivity contribution in [1.29, 1.82) is 0 Å². The van der Waals surface area contributed by atoms with E-state index >= 15 is 0 Å². The number of para-hydroxylation sites is 1. The van der Waals surface area contributed by atoms with Gasteiger partial charge < -0.3 is 9.80 Å². The van der Waals surface area contributed by atoms with Crippen LogP contribution in [0.5, 0.6) is 0 Å². The van der Waals surface area contributed by atoms with Crippen molar-refractivity contribution in [2.45, 2.75) is 13.3 Å². The van der Waals surface area contributed by atoms with Crippen LogP contribution in [0, 0.1) is 0 Å². The van der Waals surface area contributed by atoms with Crippen molar-refractivity contribution in [2.24, 2.45) is 0 Å². The van der Waals surface area contributed by atoms with E-state index in [-0.39, 0.29) is 0 Å². The molecular formula is C13H20N2. The molecule has 1 aliphatic rings. The largest absolute Gasteiger partial charge is 0.370 e. The summed E-state index contributed by atoms with van der Waals surface area (Å²) in [6, 6.07) is 10.7. The third-order valence-corrected chi connectivity index (χ3v) is 3.16. The number of benzene rings is 1. The number of anilines is 1. The highest BCUT2D eigenvalue weighted by Gasteiger charge is 2.13. The van der Waals surface area contributed by atoms with E-state index in [4.69, 9.17) is 0 Å². The Morgan fingerprint density at radius 1 is 1.00 bits per heavy atom. The first-order chi connectivity index (χ1) is 7.40. The second kappa shape index (κ2) is 5.17. The number of nitrogens with zero attached hydrogens (tertiary/aromatic N) is 2. The van der Waals surface area contributed by atoms with Gasteiger partial charge in [0.15, 0.2) is 0 Å². The Morgan fingerprint density at radius 2 is 1.80 bits per heavy atom. The number of rotatable bonds is 2. The standard InChI is InChI=1S/C13H20N2/c1-2-14-9-6-10-15(12-11-14)13-7-4-3-5-8-13/h3-5,7-8H,2,6,9-12H2,1H3. The molecule has 0 N–H and O–H groups in total. The first-order valence-corrected chi connectivity index (χ1v) is 5.92. The molecule has 0 amide bonds. The van der Waals surface area contributed by atoms with E-state index in [0.717, 1.165) is 6.54 Å². The topological polar surface area (TPSA) is 6.48 Å². The summed E-state index contributed by atoms with van der Waals surface area (Å²) in [5.74, 6) is 0. The lowest BCUT2D eigenvalue weighted by molar-refractivity contribution is 0.310. The fourth-order valence-corrected chi connectivity index (χ4v) is 2.18. The second-order valence-corrected chi connectivity index (χ2v) is 4.11. The monoisotopic (exact) mass is 204 g/mol. The van der Waals surface area contributed by atoms with Crippen molar-refractivity contribution in [2.75, 3.05) is 37.6 Å². The Labute approximate surface area is 92.5 Å². The van der Waals surface area contributed by atoms with Gasteiger partial charge in [0.2, 0.25) is 0 Å². The fourth-order valence-electron chi connectivity index (χ4n) is 2.18. The Morgan fingerprint density at radius 3 is 2.53 bits per heavy atom. The molecule has 0 radical (unpaired) electrons. The van der Waals surface area contributed by atoms with E-state index in [1.165, 1.54) is 38.3 Å². The molecule has 0 bridgehead atoms. The molecule has 0 aliphatic carbocycles. The number of likely N-dealkylation sites (N-methyl/N-ethyl adjacent to an activating group) is 1. The summed E-state index contributed by atoms with van der Waals surface area (Å²) in [4.78, 5) is 5.03. The molecule has 15 heavy (non-hydrogen) atoms. The van der Waals surface area contributed by atoms with Gasteiger partial charge in [0.25, 0.3) is 0 Å². The maximum atomic E-state index is 2.53. The summed E-state index contributed by atoms with van der Waals surface area (Å²) < 4.78 is 0. The Hall–Kier alpha value is -1.02. The van der Waals surface area contributed by atoms with Crippen LogP contribution in [0.4, 0.5) is 5.69 Å². The van der Waals surface area contributed by atoms with Crippen LogP contribution in [0.3, 0.4) is 0 Å². The molecule has 2 nitrogen and oxygen atoms in total. The van der Waals surface area contributed by atoms with Crippen molar-refractivity contribution in [3.63, 3.8) is 0 Å². The van der Waals surface area contributed by atoms with Gasteiger partial charge in [0.1, 0.15) is 0 Å². The third-order valence-electron chi connectivity index (χ3n) is 3.16. The van der Waals surface area contributed by atoms with Gasteiger partial charge in [-0.3, -0.25) is 0 Å². The van der Waals surface area contributed by atoms with Gasteiger partial charge in [-0.1, -0.05) is 25.1 Å². The minimum Gasteiger partial charge on any atom is -0.370 e. The highest BCUT2D eigenvalue weighted by molar-refractivity contribution is 5.46. The average Bonchev–Trinajstić information content (AvgIpc) is 2.55. The van der Waals surface area contributed by atoms with Crippen LogP contribution in [0.1, 0.15) is 13.3 Å². The molecule has 1 aliphatic heterocycles. The quantitative estimate of drug-likeness (QED) is 0.729. The van der Waals surface area contributed by atoms with E-state index in [1.54, 1.807) is 0 Å². The predicted molar refractivity (Wildman–Crippen MR) is 65.4 cm³/mol. The zero-order valence-electron chi connectivity index (χ0n) is 9.52. The molecular weight excluding hydrogens is 184 g/mol. The van der Waals surface area contributed by atoms with Crippen molar-refractivity contribution < 1.29 is 0 Å². The second-order valence-electron chi connectivity index (χ2n) is 4.11. The Kier molecular flexibility index (Phi) is 3.62. The Balaban J connectivity index is 2.00. The lowest BCUT2D eigenvalue weighted by Crippen LogP contribution is -2.30. The molecule has 1 aromatic rings. The molecule has 0 saturated carbocycles. The summed E-state index contributed by atoms with van der Waals surface area (Å²) in [7, 11) is 0. The average molecular weight is 204 g/mol. The minimum absolute atomic E-state index is 1.16. The van der Waals surface area contributed by atoms with Crippen LogP contribution in [0.2, 0.25) is 0 Å². The third kappa shape index (κ3) is 2.72. The maximum Gasteiger partial charge on any atom is 0.0366 e. The zero-order chi connectivity index (χ0) is 10.5. The molecule has 0 spiro atoms. The summed E-state index contributed by atoms with van der Waals surface area (Å²) in [5, 5.41) is 0. The van der Waals surface area contributed by atoms with Gasteiger partial charge >= 0.3 is 0 Å². The summed E-state index contributed by atoms with van der Waals surface area (Å²) in [6.45, 7) is 8.24.